The minimum absolute atomic E-state index is 0.0127. The highest BCUT2D eigenvalue weighted by atomic mass is 32.2. The van der Waals surface area contributed by atoms with Gasteiger partial charge in [0.05, 0.1) is 4.90 Å². The smallest absolute Gasteiger partial charge is 0.243 e. The summed E-state index contributed by atoms with van der Waals surface area (Å²) in [6, 6.07) is 13.3. The van der Waals surface area contributed by atoms with Crippen LogP contribution < -0.4 is 5.32 Å². The molecule has 1 fully saturated rings. The molecule has 0 aliphatic carbocycles. The van der Waals surface area contributed by atoms with Crippen LogP contribution in [0.3, 0.4) is 0 Å². The first-order valence-electron chi connectivity index (χ1n) is 10.0. The van der Waals surface area contributed by atoms with E-state index < -0.39 is 15.4 Å². The van der Waals surface area contributed by atoms with Crippen molar-refractivity contribution in [1.82, 2.24) is 9.62 Å². The predicted octanol–water partition coefficient (Wildman–Crippen LogP) is 3.72. The first kappa shape index (κ1) is 21.5. The lowest BCUT2D eigenvalue weighted by Crippen LogP contribution is -2.48. The third-order valence-corrected chi connectivity index (χ3v) is 7.96. The van der Waals surface area contributed by atoms with Gasteiger partial charge in [-0.1, -0.05) is 42.8 Å². The summed E-state index contributed by atoms with van der Waals surface area (Å²) in [4.78, 5) is 13.1. The van der Waals surface area contributed by atoms with Crippen molar-refractivity contribution in [2.75, 3.05) is 13.1 Å². The van der Waals surface area contributed by atoms with E-state index >= 15 is 0 Å². The second-order valence-electron chi connectivity index (χ2n) is 8.38. The fourth-order valence-electron chi connectivity index (χ4n) is 3.57. The molecule has 1 aliphatic heterocycles. The minimum Gasteiger partial charge on any atom is -0.352 e. The van der Waals surface area contributed by atoms with Gasteiger partial charge in [0.15, 0.2) is 0 Å². The van der Waals surface area contributed by atoms with Crippen molar-refractivity contribution < 1.29 is 13.2 Å². The molecule has 0 aromatic heterocycles. The molecule has 6 heteroatoms. The van der Waals surface area contributed by atoms with E-state index in [1.165, 1.54) is 9.87 Å². The summed E-state index contributed by atoms with van der Waals surface area (Å²) in [5.74, 6) is -0.0127. The SMILES string of the molecule is Cc1ccc(CNC(=O)C2(C)CCN(S(=O)(=O)c3ccc(C)c(C)c3)CC2)cc1. The molecule has 1 N–H and O–H groups in total. The lowest BCUT2D eigenvalue weighted by Gasteiger charge is -2.37. The van der Waals surface area contributed by atoms with E-state index in [0.29, 0.717) is 37.4 Å². The van der Waals surface area contributed by atoms with E-state index in [9.17, 15) is 13.2 Å². The van der Waals surface area contributed by atoms with Crippen LogP contribution in [0.1, 0.15) is 42.0 Å². The molecule has 1 amide bonds. The topological polar surface area (TPSA) is 66.5 Å². The Bertz CT molecular complexity index is 989. The van der Waals surface area contributed by atoms with Crippen LogP contribution in [0.25, 0.3) is 0 Å². The van der Waals surface area contributed by atoms with Gasteiger partial charge in [-0.2, -0.15) is 4.31 Å². The Morgan fingerprint density at radius 1 is 1.00 bits per heavy atom. The molecule has 0 unspecified atom stereocenters. The quantitative estimate of drug-likeness (QED) is 0.811. The molecule has 156 valence electrons. The molecule has 0 bridgehead atoms. The summed E-state index contributed by atoms with van der Waals surface area (Å²) >= 11 is 0. The van der Waals surface area contributed by atoms with Crippen LogP contribution in [0.2, 0.25) is 0 Å². The zero-order valence-corrected chi connectivity index (χ0v) is 18.5. The van der Waals surface area contributed by atoms with Crippen LogP contribution in [-0.2, 0) is 21.4 Å². The van der Waals surface area contributed by atoms with Crippen LogP contribution in [0, 0.1) is 26.2 Å². The average Bonchev–Trinajstić information content (AvgIpc) is 2.69. The Hall–Kier alpha value is -2.18. The van der Waals surface area contributed by atoms with Gasteiger partial charge in [-0.3, -0.25) is 4.79 Å². The fourth-order valence-corrected chi connectivity index (χ4v) is 5.10. The molecular formula is C23H30N2O3S. The van der Waals surface area contributed by atoms with Gasteiger partial charge in [0.25, 0.3) is 0 Å². The molecule has 2 aromatic rings. The van der Waals surface area contributed by atoms with E-state index in [-0.39, 0.29) is 5.91 Å². The van der Waals surface area contributed by atoms with Crippen molar-refractivity contribution in [3.63, 3.8) is 0 Å². The Morgan fingerprint density at radius 3 is 2.21 bits per heavy atom. The summed E-state index contributed by atoms with van der Waals surface area (Å²) in [5.41, 5.74) is 3.72. The fraction of sp³-hybridized carbons (Fsp3) is 0.435. The maximum atomic E-state index is 13.0. The number of nitrogens with zero attached hydrogens (tertiary/aromatic N) is 1. The number of aryl methyl sites for hydroxylation is 3. The number of piperidine rings is 1. The number of nitrogens with one attached hydrogen (secondary N) is 1. The standard InChI is InChI=1S/C23H30N2O3S/c1-17-5-8-20(9-6-17)16-24-22(26)23(4)11-13-25(14-12-23)29(27,28)21-10-7-18(2)19(3)15-21/h5-10,15H,11-14,16H2,1-4H3,(H,24,26). The first-order chi connectivity index (χ1) is 13.6. The highest BCUT2D eigenvalue weighted by Crippen LogP contribution is 2.34. The van der Waals surface area contributed by atoms with Crippen molar-refractivity contribution in [3.05, 3.63) is 64.7 Å². The summed E-state index contributed by atoms with van der Waals surface area (Å²) in [6.07, 6.45) is 1.02. The first-order valence-corrected chi connectivity index (χ1v) is 11.5. The minimum atomic E-state index is -3.53. The maximum Gasteiger partial charge on any atom is 0.243 e. The third-order valence-electron chi connectivity index (χ3n) is 6.06. The van der Waals surface area contributed by atoms with Crippen LogP contribution in [0.4, 0.5) is 0 Å². The lowest BCUT2D eigenvalue weighted by atomic mass is 9.80. The highest BCUT2D eigenvalue weighted by molar-refractivity contribution is 7.89. The molecule has 1 saturated heterocycles. The van der Waals surface area contributed by atoms with Crippen molar-refractivity contribution in [3.8, 4) is 0 Å². The maximum absolute atomic E-state index is 13.0. The van der Waals surface area contributed by atoms with Gasteiger partial charge >= 0.3 is 0 Å². The lowest BCUT2D eigenvalue weighted by molar-refractivity contribution is -0.132. The molecule has 1 aliphatic rings. The van der Waals surface area contributed by atoms with E-state index in [4.69, 9.17) is 0 Å². The zero-order valence-electron chi connectivity index (χ0n) is 17.7. The number of amides is 1. The van der Waals surface area contributed by atoms with Gasteiger partial charge < -0.3 is 5.32 Å². The molecule has 0 spiro atoms. The summed E-state index contributed by atoms with van der Waals surface area (Å²) in [7, 11) is -3.53. The van der Waals surface area contributed by atoms with Crippen LogP contribution in [-0.4, -0.2) is 31.7 Å². The highest BCUT2D eigenvalue weighted by Gasteiger charge is 2.40. The number of hydrogen-bond acceptors (Lipinski definition) is 3. The molecule has 1 heterocycles. The van der Waals surface area contributed by atoms with E-state index in [2.05, 4.69) is 5.32 Å². The number of carbonyl (C=O) groups is 1. The largest absolute Gasteiger partial charge is 0.352 e. The molecule has 0 radical (unpaired) electrons. The van der Waals surface area contributed by atoms with Crippen LogP contribution in [0.15, 0.2) is 47.4 Å². The van der Waals surface area contributed by atoms with Crippen LogP contribution >= 0.6 is 0 Å². The molecular weight excluding hydrogens is 384 g/mol. The second-order valence-corrected chi connectivity index (χ2v) is 10.3. The normalized spacial score (nSPS) is 17.1. The summed E-state index contributed by atoms with van der Waals surface area (Å²) in [5, 5.41) is 3.02. The molecule has 29 heavy (non-hydrogen) atoms. The Morgan fingerprint density at radius 2 is 1.62 bits per heavy atom. The average molecular weight is 415 g/mol. The molecule has 5 nitrogen and oxygen atoms in total. The van der Waals surface area contributed by atoms with Crippen molar-refractivity contribution in [2.45, 2.75) is 52.0 Å². The van der Waals surface area contributed by atoms with E-state index in [1.807, 2.05) is 58.0 Å². The number of rotatable bonds is 5. The van der Waals surface area contributed by atoms with Crippen molar-refractivity contribution >= 4 is 15.9 Å². The second kappa shape index (κ2) is 8.28. The molecule has 0 atom stereocenters. The van der Waals surface area contributed by atoms with Gasteiger partial charge in [0.1, 0.15) is 0 Å². The monoisotopic (exact) mass is 414 g/mol. The van der Waals surface area contributed by atoms with Crippen LogP contribution in [0.5, 0.6) is 0 Å². The van der Waals surface area contributed by atoms with Gasteiger partial charge in [-0.15, -0.1) is 0 Å². The Kier molecular flexibility index (Phi) is 6.15. The molecule has 2 aromatic carbocycles. The number of hydrogen-bond donors (Lipinski definition) is 1. The van der Waals surface area contributed by atoms with E-state index in [0.717, 1.165) is 16.7 Å². The van der Waals surface area contributed by atoms with Gasteiger partial charge in [0, 0.05) is 25.0 Å². The Balaban J connectivity index is 1.62. The third kappa shape index (κ3) is 4.70. The van der Waals surface area contributed by atoms with E-state index in [1.54, 1.807) is 12.1 Å². The number of carbonyl (C=O) groups excluding carboxylic acids is 1. The summed E-state index contributed by atoms with van der Waals surface area (Å²) in [6.45, 7) is 9.03. The van der Waals surface area contributed by atoms with Gasteiger partial charge in [-0.25, -0.2) is 8.42 Å². The molecule has 3 rings (SSSR count). The van der Waals surface area contributed by atoms with Gasteiger partial charge in [0.2, 0.25) is 15.9 Å². The number of sulfonamides is 1. The van der Waals surface area contributed by atoms with Crippen molar-refractivity contribution in [2.24, 2.45) is 5.41 Å². The number of benzene rings is 2. The predicted molar refractivity (Wildman–Crippen MR) is 115 cm³/mol. The zero-order chi connectivity index (χ0) is 21.2. The molecule has 0 saturated carbocycles. The Labute approximate surface area is 174 Å². The van der Waals surface area contributed by atoms with Gasteiger partial charge in [-0.05, 0) is 62.4 Å². The summed E-state index contributed by atoms with van der Waals surface area (Å²) < 4.78 is 27.5. The van der Waals surface area contributed by atoms with Crippen molar-refractivity contribution in [1.29, 1.82) is 0 Å².